The van der Waals surface area contributed by atoms with E-state index in [9.17, 15) is 4.79 Å². The van der Waals surface area contributed by atoms with Crippen LogP contribution in [0.3, 0.4) is 0 Å². The maximum atomic E-state index is 11.1. The lowest BCUT2D eigenvalue weighted by atomic mass is 10.0. The molecule has 14 heavy (non-hydrogen) atoms. The van der Waals surface area contributed by atoms with Gasteiger partial charge in [-0.2, -0.15) is 0 Å². The molecule has 0 unspecified atom stereocenters. The third-order valence-electron chi connectivity index (χ3n) is 2.42. The van der Waals surface area contributed by atoms with Gasteiger partial charge < -0.3 is 4.74 Å². The van der Waals surface area contributed by atoms with E-state index in [1.54, 1.807) is 6.92 Å². The number of carbonyl (C=O) groups excluding carboxylic acids is 1. The third-order valence-corrected chi connectivity index (χ3v) is 2.91. The summed E-state index contributed by atoms with van der Waals surface area (Å²) in [5.41, 5.74) is 1.18. The second kappa shape index (κ2) is 3.73. The Morgan fingerprint density at radius 1 is 1.57 bits per heavy atom. The number of Topliss-reactive ketones (excluding diaryl/α,β-unsaturated/α-hetero) is 1. The normalized spacial score (nSPS) is 19.7. The number of ketones is 1. The summed E-state index contributed by atoms with van der Waals surface area (Å²) in [4.78, 5) is 11.1. The molecule has 1 atom stereocenters. The van der Waals surface area contributed by atoms with Crippen LogP contribution in [0.15, 0.2) is 22.7 Å². The maximum absolute atomic E-state index is 11.1. The minimum atomic E-state index is -0.247. The smallest absolute Gasteiger partial charge is 0.170 e. The number of hydrogen-bond acceptors (Lipinski definition) is 2. The van der Waals surface area contributed by atoms with Gasteiger partial charge in [-0.3, -0.25) is 4.79 Å². The molecule has 1 aliphatic heterocycles. The standard InChI is InChI=1S/C11H11BrO2/c1-7(13)10-4-2-8-6-9(12)3-5-11(8)14-10/h3,5-6,10H,2,4H2,1H3/t10-/m0/s1. The first kappa shape index (κ1) is 9.71. The largest absolute Gasteiger partial charge is 0.482 e. The molecule has 0 spiro atoms. The van der Waals surface area contributed by atoms with Crippen LogP contribution in [0.4, 0.5) is 0 Å². The Bertz CT molecular complexity index is 374. The van der Waals surface area contributed by atoms with E-state index < -0.39 is 0 Å². The van der Waals surface area contributed by atoms with Crippen LogP contribution in [0.5, 0.6) is 5.75 Å². The first-order chi connectivity index (χ1) is 6.66. The van der Waals surface area contributed by atoms with Gasteiger partial charge in [0.2, 0.25) is 0 Å². The monoisotopic (exact) mass is 254 g/mol. The van der Waals surface area contributed by atoms with Gasteiger partial charge in [-0.15, -0.1) is 0 Å². The molecular formula is C11H11BrO2. The van der Waals surface area contributed by atoms with Crippen molar-refractivity contribution in [2.24, 2.45) is 0 Å². The van der Waals surface area contributed by atoms with E-state index in [4.69, 9.17) is 4.74 Å². The molecule has 1 aromatic rings. The molecule has 0 N–H and O–H groups in total. The SMILES string of the molecule is CC(=O)[C@@H]1CCc2cc(Br)ccc2O1. The third kappa shape index (κ3) is 1.82. The second-order valence-electron chi connectivity index (χ2n) is 3.51. The van der Waals surface area contributed by atoms with Gasteiger partial charge >= 0.3 is 0 Å². The van der Waals surface area contributed by atoms with E-state index >= 15 is 0 Å². The molecule has 0 aliphatic carbocycles. The summed E-state index contributed by atoms with van der Waals surface area (Å²) in [7, 11) is 0. The van der Waals surface area contributed by atoms with Gasteiger partial charge in [-0.25, -0.2) is 0 Å². The molecule has 0 bridgehead atoms. The maximum Gasteiger partial charge on any atom is 0.170 e. The van der Waals surface area contributed by atoms with Gasteiger partial charge in [-0.05, 0) is 43.5 Å². The van der Waals surface area contributed by atoms with Crippen LogP contribution in [0.2, 0.25) is 0 Å². The van der Waals surface area contributed by atoms with Gasteiger partial charge in [-0.1, -0.05) is 15.9 Å². The van der Waals surface area contributed by atoms with Crippen molar-refractivity contribution < 1.29 is 9.53 Å². The van der Waals surface area contributed by atoms with Crippen molar-refractivity contribution in [3.8, 4) is 5.75 Å². The fraction of sp³-hybridized carbons (Fsp3) is 0.364. The van der Waals surface area contributed by atoms with E-state index in [2.05, 4.69) is 15.9 Å². The zero-order valence-electron chi connectivity index (χ0n) is 7.92. The molecule has 0 radical (unpaired) electrons. The summed E-state index contributed by atoms with van der Waals surface area (Å²) in [5, 5.41) is 0. The fourth-order valence-corrected chi connectivity index (χ4v) is 2.05. The molecule has 1 aliphatic rings. The molecule has 0 fully saturated rings. The predicted molar refractivity (Wildman–Crippen MR) is 57.6 cm³/mol. The Morgan fingerprint density at radius 3 is 3.07 bits per heavy atom. The Hall–Kier alpha value is -0.830. The summed E-state index contributed by atoms with van der Waals surface area (Å²) in [6.07, 6.45) is 1.46. The van der Waals surface area contributed by atoms with E-state index in [0.29, 0.717) is 0 Å². The molecule has 1 aromatic carbocycles. The summed E-state index contributed by atoms with van der Waals surface area (Å²) >= 11 is 3.41. The van der Waals surface area contributed by atoms with Crippen molar-refractivity contribution in [1.29, 1.82) is 0 Å². The quantitative estimate of drug-likeness (QED) is 0.771. The van der Waals surface area contributed by atoms with Gasteiger partial charge in [0.05, 0.1) is 0 Å². The molecule has 0 saturated carbocycles. The molecule has 2 nitrogen and oxygen atoms in total. The highest BCUT2D eigenvalue weighted by Gasteiger charge is 2.22. The molecule has 2 rings (SSSR count). The zero-order chi connectivity index (χ0) is 10.1. The van der Waals surface area contributed by atoms with Crippen LogP contribution in [0.1, 0.15) is 18.9 Å². The highest BCUT2D eigenvalue weighted by atomic mass is 79.9. The molecular weight excluding hydrogens is 244 g/mol. The summed E-state index contributed by atoms with van der Waals surface area (Å²) in [6.45, 7) is 1.58. The lowest BCUT2D eigenvalue weighted by Gasteiger charge is -2.24. The van der Waals surface area contributed by atoms with Crippen LogP contribution in [0, 0.1) is 0 Å². The van der Waals surface area contributed by atoms with E-state index in [1.165, 1.54) is 5.56 Å². The number of carbonyl (C=O) groups is 1. The van der Waals surface area contributed by atoms with Crippen LogP contribution in [0.25, 0.3) is 0 Å². The molecule has 3 heteroatoms. The van der Waals surface area contributed by atoms with E-state index in [-0.39, 0.29) is 11.9 Å². The fourth-order valence-electron chi connectivity index (χ4n) is 1.64. The molecule has 0 amide bonds. The van der Waals surface area contributed by atoms with Crippen molar-refractivity contribution in [1.82, 2.24) is 0 Å². The average molecular weight is 255 g/mol. The number of rotatable bonds is 1. The zero-order valence-corrected chi connectivity index (χ0v) is 9.50. The number of halogens is 1. The Morgan fingerprint density at radius 2 is 2.36 bits per heavy atom. The molecule has 1 heterocycles. The van der Waals surface area contributed by atoms with Crippen LogP contribution >= 0.6 is 15.9 Å². The second-order valence-corrected chi connectivity index (χ2v) is 4.42. The van der Waals surface area contributed by atoms with Crippen molar-refractivity contribution in [2.45, 2.75) is 25.9 Å². The minimum absolute atomic E-state index is 0.110. The number of aryl methyl sites for hydroxylation is 1. The molecule has 0 saturated heterocycles. The topological polar surface area (TPSA) is 26.3 Å². The van der Waals surface area contributed by atoms with Crippen molar-refractivity contribution in [3.63, 3.8) is 0 Å². The van der Waals surface area contributed by atoms with Gasteiger partial charge in [0.15, 0.2) is 11.9 Å². The van der Waals surface area contributed by atoms with Gasteiger partial charge in [0.1, 0.15) is 5.75 Å². The summed E-state index contributed by atoms with van der Waals surface area (Å²) < 4.78 is 6.63. The molecule has 0 aromatic heterocycles. The van der Waals surface area contributed by atoms with Gasteiger partial charge in [0, 0.05) is 4.47 Å². The van der Waals surface area contributed by atoms with Gasteiger partial charge in [0.25, 0.3) is 0 Å². The molecule has 74 valence electrons. The first-order valence-corrected chi connectivity index (χ1v) is 5.41. The van der Waals surface area contributed by atoms with Crippen molar-refractivity contribution >= 4 is 21.7 Å². The minimum Gasteiger partial charge on any atom is -0.482 e. The number of benzene rings is 1. The number of hydrogen-bond donors (Lipinski definition) is 0. The Kier molecular flexibility index (Phi) is 2.59. The van der Waals surface area contributed by atoms with E-state index in [0.717, 1.165) is 23.1 Å². The van der Waals surface area contributed by atoms with E-state index in [1.807, 2.05) is 18.2 Å². The lowest BCUT2D eigenvalue weighted by molar-refractivity contribution is -0.124. The predicted octanol–water partition coefficient (Wildman–Crippen LogP) is 2.73. The van der Waals surface area contributed by atoms with Crippen molar-refractivity contribution in [3.05, 3.63) is 28.2 Å². The van der Waals surface area contributed by atoms with Crippen molar-refractivity contribution in [2.75, 3.05) is 0 Å². The average Bonchev–Trinajstić information content (AvgIpc) is 2.16. The van der Waals surface area contributed by atoms with Crippen LogP contribution < -0.4 is 4.74 Å². The van der Waals surface area contributed by atoms with Crippen LogP contribution in [-0.4, -0.2) is 11.9 Å². The number of fused-ring (bicyclic) bond motifs is 1. The Balaban J connectivity index is 2.27. The van der Waals surface area contributed by atoms with Crippen LogP contribution in [-0.2, 0) is 11.2 Å². The Labute approximate surface area is 91.4 Å². The highest BCUT2D eigenvalue weighted by molar-refractivity contribution is 9.10. The highest BCUT2D eigenvalue weighted by Crippen LogP contribution is 2.30. The summed E-state index contributed by atoms with van der Waals surface area (Å²) in [5.74, 6) is 0.957. The lowest BCUT2D eigenvalue weighted by Crippen LogP contribution is -2.29. The summed E-state index contributed by atoms with van der Waals surface area (Å²) in [6, 6.07) is 5.89. The first-order valence-electron chi connectivity index (χ1n) is 4.62. The number of ether oxygens (including phenoxy) is 1.